The van der Waals surface area contributed by atoms with Crippen molar-refractivity contribution in [3.63, 3.8) is 0 Å². The van der Waals surface area contributed by atoms with Crippen LogP contribution in [0.25, 0.3) is 0 Å². The Bertz CT molecular complexity index is 289. The van der Waals surface area contributed by atoms with Crippen molar-refractivity contribution in [1.82, 2.24) is 5.32 Å². The molecule has 0 aliphatic carbocycles. The topological polar surface area (TPSA) is 32.3 Å². The van der Waals surface area contributed by atoms with Crippen LogP contribution in [0, 0.1) is 5.82 Å². The van der Waals surface area contributed by atoms with Crippen molar-refractivity contribution in [2.24, 2.45) is 0 Å². The molecule has 1 rings (SSSR count). The number of hydrogen-bond acceptors (Lipinski definition) is 2. The molecule has 2 nitrogen and oxygen atoms in total. The van der Waals surface area contributed by atoms with Gasteiger partial charge in [-0.2, -0.15) is 0 Å². The number of halogens is 1. The normalized spacial score (nSPS) is 13.8. The van der Waals surface area contributed by atoms with E-state index in [1.165, 1.54) is 24.3 Å². The summed E-state index contributed by atoms with van der Waals surface area (Å²) in [5, 5.41) is 11.0. The number of hydrogen-bond donors (Lipinski definition) is 2. The third kappa shape index (κ3) is 2.98. The van der Waals surface area contributed by atoms with Crippen molar-refractivity contribution in [3.8, 4) is 0 Å². The Morgan fingerprint density at radius 1 is 1.42 bits per heavy atom. The fourth-order valence-electron chi connectivity index (χ4n) is 0.754. The fourth-order valence-corrected chi connectivity index (χ4v) is 0.754. The molecule has 0 spiro atoms. The van der Waals surface area contributed by atoms with Crippen molar-refractivity contribution < 1.29 is 12.2 Å². The molecule has 1 aromatic carbocycles. The molecule has 0 aliphatic rings. The maximum atomic E-state index is 12.5. The summed E-state index contributed by atoms with van der Waals surface area (Å²) in [5.41, 5.74) is 0.340. The molecule has 0 unspecified atom stereocenters. The van der Waals surface area contributed by atoms with Gasteiger partial charge in [-0.05, 0) is 17.7 Å². The molecule has 0 heterocycles. The second-order valence-electron chi connectivity index (χ2n) is 2.28. The molecular weight excluding hydrogens is 157 g/mol. The quantitative estimate of drug-likeness (QED) is 0.705. The van der Waals surface area contributed by atoms with Crippen LogP contribution in [0.5, 0.6) is 0 Å². The zero-order chi connectivity index (χ0) is 10.6. The molecule has 0 saturated heterocycles. The Kier molecular flexibility index (Phi) is 2.66. The molecule has 0 bridgehead atoms. The van der Waals surface area contributed by atoms with Crippen LogP contribution in [0.3, 0.4) is 0 Å². The molecular formula is C9H12FNO. The lowest BCUT2D eigenvalue weighted by molar-refractivity contribution is 0.292. The lowest BCUT2D eigenvalue weighted by Gasteiger charge is -2.01. The molecule has 0 saturated carbocycles. The molecule has 0 fully saturated rings. The Morgan fingerprint density at radius 2 is 2.08 bits per heavy atom. The smallest absolute Gasteiger partial charge is 0.123 e. The van der Waals surface area contributed by atoms with Crippen LogP contribution in [0.2, 0.25) is 0 Å². The molecule has 0 radical (unpaired) electrons. The van der Waals surface area contributed by atoms with E-state index in [-0.39, 0.29) is 13.2 Å². The van der Waals surface area contributed by atoms with Crippen LogP contribution in [0.4, 0.5) is 4.39 Å². The van der Waals surface area contributed by atoms with E-state index in [4.69, 9.17) is 7.85 Å². The summed E-state index contributed by atoms with van der Waals surface area (Å²) < 4.78 is 27.7. The Hall–Kier alpha value is -0.930. The lowest BCUT2D eigenvalue weighted by atomic mass is 10.2. The monoisotopic (exact) mass is 171 g/mol. The van der Waals surface area contributed by atoms with Crippen molar-refractivity contribution in [2.45, 2.75) is 6.50 Å². The maximum absolute atomic E-state index is 12.5. The van der Waals surface area contributed by atoms with Gasteiger partial charge in [0.05, 0.1) is 6.61 Å². The van der Waals surface area contributed by atoms with Crippen molar-refractivity contribution in [1.29, 1.82) is 0 Å². The number of aliphatic hydroxyl groups excluding tert-OH is 1. The summed E-state index contributed by atoms with van der Waals surface area (Å²) in [6.45, 7) is -1.72. The highest BCUT2D eigenvalue weighted by molar-refractivity contribution is 5.15. The molecule has 0 aromatic heterocycles. The van der Waals surface area contributed by atoms with Gasteiger partial charge in [-0.25, -0.2) is 4.39 Å². The van der Waals surface area contributed by atoms with E-state index in [1.54, 1.807) is 0 Å². The summed E-state index contributed by atoms with van der Waals surface area (Å²) >= 11 is 0. The van der Waals surface area contributed by atoms with Crippen LogP contribution in [-0.2, 0) is 6.50 Å². The van der Waals surface area contributed by atoms with Gasteiger partial charge < -0.3 is 10.4 Å². The number of nitrogens with one attached hydrogen (secondary N) is 1. The predicted octanol–water partition coefficient (Wildman–Crippen LogP) is 0.908. The van der Waals surface area contributed by atoms with E-state index in [1.807, 2.05) is 0 Å². The molecule has 0 atom stereocenters. The highest BCUT2D eigenvalue weighted by Crippen LogP contribution is 2.01. The zero-order valence-corrected chi connectivity index (χ0v) is 6.55. The molecule has 0 amide bonds. The third-order valence-corrected chi connectivity index (χ3v) is 1.31. The van der Waals surface area contributed by atoms with Gasteiger partial charge in [-0.15, -0.1) is 0 Å². The van der Waals surface area contributed by atoms with E-state index in [9.17, 15) is 4.39 Å². The van der Waals surface area contributed by atoms with E-state index in [2.05, 4.69) is 5.32 Å². The Morgan fingerprint density at radius 3 is 2.67 bits per heavy atom. The number of aliphatic hydroxyl groups is 1. The number of rotatable bonds is 4. The van der Waals surface area contributed by atoms with E-state index in [0.717, 1.165) is 0 Å². The third-order valence-electron chi connectivity index (χ3n) is 1.31. The second-order valence-corrected chi connectivity index (χ2v) is 2.28. The van der Waals surface area contributed by atoms with Gasteiger partial charge in [-0.1, -0.05) is 12.1 Å². The van der Waals surface area contributed by atoms with Crippen LogP contribution >= 0.6 is 0 Å². The average Bonchev–Trinajstić information content (AvgIpc) is 2.16. The minimum absolute atomic E-state index is 0.138. The minimum Gasteiger partial charge on any atom is -0.395 e. The lowest BCUT2D eigenvalue weighted by Crippen LogP contribution is -2.17. The molecule has 2 N–H and O–H groups in total. The second kappa shape index (κ2) is 4.85. The molecule has 12 heavy (non-hydrogen) atoms. The first kappa shape index (κ1) is 6.57. The zero-order valence-electron chi connectivity index (χ0n) is 8.55. The van der Waals surface area contributed by atoms with Crippen LogP contribution in [0.1, 0.15) is 8.30 Å². The summed E-state index contributed by atoms with van der Waals surface area (Å²) in [5.74, 6) is -0.397. The fraction of sp³-hybridized carbons (Fsp3) is 0.333. The standard InChI is InChI=1S/C9H12FNO/c10-9-3-1-8(2-4-9)7-11-5-6-12/h1-4,11-12H,5-7H2/i7D2. The summed E-state index contributed by atoms with van der Waals surface area (Å²) in [6, 6.07) is 5.15. The van der Waals surface area contributed by atoms with Gasteiger partial charge in [0.15, 0.2) is 0 Å². The highest BCUT2D eigenvalue weighted by Gasteiger charge is 1.92. The largest absolute Gasteiger partial charge is 0.395 e. The molecule has 66 valence electrons. The first-order chi connectivity index (χ1) is 6.56. The van der Waals surface area contributed by atoms with Crippen LogP contribution in [0.15, 0.2) is 24.3 Å². The van der Waals surface area contributed by atoms with Gasteiger partial charge in [0, 0.05) is 15.8 Å². The molecule has 0 aliphatic heterocycles. The Balaban J connectivity index is 2.75. The first-order valence-corrected chi connectivity index (χ1v) is 3.68. The molecule has 1 aromatic rings. The van der Waals surface area contributed by atoms with Crippen LogP contribution < -0.4 is 5.32 Å². The van der Waals surface area contributed by atoms with Crippen molar-refractivity contribution in [3.05, 3.63) is 35.6 Å². The highest BCUT2D eigenvalue weighted by atomic mass is 19.1. The van der Waals surface area contributed by atoms with Gasteiger partial charge >= 0.3 is 0 Å². The van der Waals surface area contributed by atoms with E-state index >= 15 is 0 Å². The van der Waals surface area contributed by atoms with Crippen molar-refractivity contribution in [2.75, 3.05) is 13.2 Å². The van der Waals surface area contributed by atoms with E-state index in [0.29, 0.717) is 5.56 Å². The summed E-state index contributed by atoms with van der Waals surface area (Å²) in [6.07, 6.45) is 0. The SMILES string of the molecule is [2H]C([2H])(NCCO)c1ccc(F)cc1. The van der Waals surface area contributed by atoms with Crippen LogP contribution in [-0.4, -0.2) is 18.3 Å². The summed E-state index contributed by atoms with van der Waals surface area (Å²) in [7, 11) is 0. The first-order valence-electron chi connectivity index (χ1n) is 4.68. The average molecular weight is 171 g/mol. The number of benzene rings is 1. The predicted molar refractivity (Wildman–Crippen MR) is 45.2 cm³/mol. The minimum atomic E-state index is -1.74. The van der Waals surface area contributed by atoms with Gasteiger partial charge in [0.2, 0.25) is 0 Å². The van der Waals surface area contributed by atoms with Crippen molar-refractivity contribution >= 4 is 0 Å². The van der Waals surface area contributed by atoms with Gasteiger partial charge in [0.25, 0.3) is 0 Å². The maximum Gasteiger partial charge on any atom is 0.123 e. The van der Waals surface area contributed by atoms with Gasteiger partial charge in [0.1, 0.15) is 5.82 Å². The van der Waals surface area contributed by atoms with Gasteiger partial charge in [-0.3, -0.25) is 0 Å². The molecule has 3 heteroatoms. The van der Waals surface area contributed by atoms with E-state index < -0.39 is 12.3 Å². The Labute approximate surface area is 73.8 Å². The summed E-state index contributed by atoms with van der Waals surface area (Å²) in [4.78, 5) is 0.